The van der Waals surface area contributed by atoms with E-state index < -0.39 is 16.6 Å². The van der Waals surface area contributed by atoms with Crippen molar-refractivity contribution in [2.45, 2.75) is 21.5 Å². The Kier molecular flexibility index (Phi) is 5.63. The molecule has 1 aromatic carbocycles. The first-order chi connectivity index (χ1) is 9.54. The van der Waals surface area contributed by atoms with E-state index in [1.54, 1.807) is 0 Å². The molecule has 108 valence electrons. The highest BCUT2D eigenvalue weighted by Gasteiger charge is 2.37. The molecule has 0 spiro atoms. The maximum absolute atomic E-state index is 12.6. The monoisotopic (exact) mass is 309 g/mol. The molecule has 0 aliphatic carbocycles. The molecule has 6 radical (unpaired) electrons. The van der Waals surface area contributed by atoms with Crippen molar-refractivity contribution in [3.63, 3.8) is 0 Å². The standard InChI is InChI=1S/C11H12B3F2NO3S/c1-19-6-3-5(10(12,18)11(13,14)17)4-7(8(6)20-2)21-9(15)16/h3-4,9,18H,17H2,1-2H3. The van der Waals surface area contributed by atoms with Crippen LogP contribution >= 0.6 is 11.8 Å². The molecule has 0 bridgehead atoms. The summed E-state index contributed by atoms with van der Waals surface area (Å²) in [6, 6.07) is 2.43. The van der Waals surface area contributed by atoms with Crippen LogP contribution in [0.3, 0.4) is 0 Å². The molecule has 0 aliphatic rings. The van der Waals surface area contributed by atoms with E-state index in [0.29, 0.717) is 0 Å². The summed E-state index contributed by atoms with van der Waals surface area (Å²) < 4.78 is 35.3. The van der Waals surface area contributed by atoms with Crippen LogP contribution in [-0.4, -0.2) is 54.0 Å². The molecule has 1 rings (SSSR count). The van der Waals surface area contributed by atoms with Crippen LogP contribution in [0.4, 0.5) is 8.78 Å². The predicted molar refractivity (Wildman–Crippen MR) is 79.5 cm³/mol. The number of methoxy groups -OCH3 is 2. The van der Waals surface area contributed by atoms with Crippen molar-refractivity contribution in [2.24, 2.45) is 5.73 Å². The van der Waals surface area contributed by atoms with Crippen molar-refractivity contribution in [3.05, 3.63) is 17.7 Å². The lowest BCUT2D eigenvalue weighted by atomic mass is 9.46. The molecule has 0 aliphatic heterocycles. The Bertz CT molecular complexity index is 512. The lowest BCUT2D eigenvalue weighted by molar-refractivity contribution is 0.109. The summed E-state index contributed by atoms with van der Waals surface area (Å²) in [5.74, 6) is -2.58. The molecule has 3 N–H and O–H groups in total. The quantitative estimate of drug-likeness (QED) is 0.584. The molecular weight excluding hydrogens is 297 g/mol. The predicted octanol–water partition coefficient (Wildman–Crippen LogP) is 0.282. The molecule has 4 nitrogen and oxygen atoms in total. The molecule has 1 atom stereocenters. The second-order valence-corrected chi connectivity index (χ2v) is 5.32. The van der Waals surface area contributed by atoms with Crippen LogP contribution in [0.25, 0.3) is 0 Å². The molecule has 0 fully saturated rings. The van der Waals surface area contributed by atoms with Gasteiger partial charge in [0.05, 0.1) is 34.8 Å². The minimum absolute atomic E-state index is 0.00465. The van der Waals surface area contributed by atoms with Crippen LogP contribution in [-0.2, 0) is 5.50 Å². The van der Waals surface area contributed by atoms with Crippen molar-refractivity contribution >= 4 is 35.3 Å². The lowest BCUT2D eigenvalue weighted by Gasteiger charge is -2.39. The highest BCUT2D eigenvalue weighted by molar-refractivity contribution is 7.99. The maximum Gasteiger partial charge on any atom is 0.289 e. The van der Waals surface area contributed by atoms with Gasteiger partial charge in [0.1, 0.15) is 7.85 Å². The normalized spacial score (nSPS) is 14.8. The Balaban J connectivity index is 3.49. The number of alkyl halides is 2. The minimum Gasteiger partial charge on any atom is -0.493 e. The maximum atomic E-state index is 12.6. The van der Waals surface area contributed by atoms with Crippen molar-refractivity contribution in [1.29, 1.82) is 0 Å². The zero-order valence-corrected chi connectivity index (χ0v) is 12.3. The summed E-state index contributed by atoms with van der Waals surface area (Å²) in [4.78, 5) is -0.00465. The first-order valence-electron chi connectivity index (χ1n) is 5.63. The van der Waals surface area contributed by atoms with Gasteiger partial charge in [-0.1, -0.05) is 11.8 Å². The van der Waals surface area contributed by atoms with Crippen LogP contribution < -0.4 is 15.2 Å². The Morgan fingerprint density at radius 2 is 1.81 bits per heavy atom. The SMILES string of the molecule is [B]C([B])(N)C([B])(O)c1cc(OC)c(OC)c(SC(F)F)c1. The average Bonchev–Trinajstić information content (AvgIpc) is 2.35. The van der Waals surface area contributed by atoms with Gasteiger partial charge in [-0.2, -0.15) is 8.78 Å². The van der Waals surface area contributed by atoms with E-state index in [-0.39, 0.29) is 33.7 Å². The van der Waals surface area contributed by atoms with E-state index in [1.165, 1.54) is 26.4 Å². The Morgan fingerprint density at radius 1 is 1.24 bits per heavy atom. The zero-order valence-electron chi connectivity index (χ0n) is 11.5. The smallest absolute Gasteiger partial charge is 0.289 e. The highest BCUT2D eigenvalue weighted by atomic mass is 32.2. The summed E-state index contributed by atoms with van der Waals surface area (Å²) in [6.07, 6.45) is 0. The lowest BCUT2D eigenvalue weighted by Crippen LogP contribution is -2.60. The van der Waals surface area contributed by atoms with Crippen molar-refractivity contribution in [1.82, 2.24) is 0 Å². The van der Waals surface area contributed by atoms with Gasteiger partial charge in [-0.3, -0.25) is 0 Å². The van der Waals surface area contributed by atoms with Gasteiger partial charge in [-0.05, 0) is 23.0 Å². The summed E-state index contributed by atoms with van der Waals surface area (Å²) in [6.45, 7) is 0. The fourth-order valence-electron chi connectivity index (χ4n) is 1.58. The Labute approximate surface area is 130 Å². The highest BCUT2D eigenvalue weighted by Crippen LogP contribution is 2.43. The van der Waals surface area contributed by atoms with Crippen LogP contribution in [0.2, 0.25) is 0 Å². The van der Waals surface area contributed by atoms with E-state index in [2.05, 4.69) is 0 Å². The molecule has 0 heterocycles. The number of hydrogen-bond acceptors (Lipinski definition) is 5. The summed E-state index contributed by atoms with van der Waals surface area (Å²) in [5.41, 5.74) is 2.95. The van der Waals surface area contributed by atoms with Gasteiger partial charge in [0.25, 0.3) is 5.76 Å². The number of thioether (sulfide) groups is 1. The second-order valence-electron chi connectivity index (χ2n) is 4.29. The second kappa shape index (κ2) is 6.50. The molecule has 10 heteroatoms. The number of hydrogen-bond donors (Lipinski definition) is 2. The van der Waals surface area contributed by atoms with Crippen molar-refractivity contribution < 1.29 is 23.4 Å². The van der Waals surface area contributed by atoms with Gasteiger partial charge < -0.3 is 20.3 Å². The molecule has 21 heavy (non-hydrogen) atoms. The molecule has 0 amide bonds. The van der Waals surface area contributed by atoms with Gasteiger partial charge in [0.2, 0.25) is 0 Å². The minimum atomic E-state index is -2.72. The Hall–Kier alpha value is -0.855. The van der Waals surface area contributed by atoms with Crippen molar-refractivity contribution in [2.75, 3.05) is 14.2 Å². The number of nitrogens with two attached hydrogens (primary N) is 1. The van der Waals surface area contributed by atoms with Gasteiger partial charge >= 0.3 is 0 Å². The number of halogens is 2. The largest absolute Gasteiger partial charge is 0.493 e. The van der Waals surface area contributed by atoms with Gasteiger partial charge in [-0.25, -0.2) is 0 Å². The summed E-state index contributed by atoms with van der Waals surface area (Å²) in [7, 11) is 19.0. The molecule has 0 saturated carbocycles. The fraction of sp³-hybridized carbons (Fsp3) is 0.455. The molecule has 1 unspecified atom stereocenters. The fourth-order valence-corrected chi connectivity index (χ4v) is 2.26. The molecular formula is C11H12B3F2NO3S. The third-order valence-corrected chi connectivity index (χ3v) is 3.50. The summed E-state index contributed by atoms with van der Waals surface area (Å²) in [5, 5.41) is 7.98. The topological polar surface area (TPSA) is 64.7 Å². The van der Waals surface area contributed by atoms with Crippen molar-refractivity contribution in [3.8, 4) is 11.5 Å². The van der Waals surface area contributed by atoms with Gasteiger partial charge in [-0.15, -0.1) is 0 Å². The van der Waals surface area contributed by atoms with E-state index in [9.17, 15) is 13.9 Å². The first kappa shape index (κ1) is 18.2. The third-order valence-electron chi connectivity index (χ3n) is 2.76. The van der Waals surface area contributed by atoms with E-state index in [0.717, 1.165) is 0 Å². The van der Waals surface area contributed by atoms with Gasteiger partial charge in [0, 0.05) is 5.50 Å². The van der Waals surface area contributed by atoms with E-state index in [1.807, 2.05) is 0 Å². The van der Waals surface area contributed by atoms with Crippen LogP contribution in [0, 0.1) is 0 Å². The van der Waals surface area contributed by atoms with Crippen LogP contribution in [0.15, 0.2) is 17.0 Å². The summed E-state index contributed by atoms with van der Waals surface area (Å²) >= 11 is 0.193. The first-order valence-corrected chi connectivity index (χ1v) is 6.51. The number of rotatable bonds is 6. The number of ether oxygens (including phenoxy) is 2. The van der Waals surface area contributed by atoms with Gasteiger partial charge in [0.15, 0.2) is 11.5 Å². The number of benzene rings is 1. The molecule has 0 aromatic heterocycles. The van der Waals surface area contributed by atoms with E-state index >= 15 is 0 Å². The zero-order chi connectivity index (χ0) is 16.4. The van der Waals surface area contributed by atoms with E-state index in [4.69, 9.17) is 38.7 Å². The third kappa shape index (κ3) is 3.87. The Morgan fingerprint density at radius 3 is 2.19 bits per heavy atom. The molecule has 0 saturated heterocycles. The molecule has 1 aromatic rings. The van der Waals surface area contributed by atoms with Crippen LogP contribution in [0.5, 0.6) is 11.5 Å². The average molecular weight is 309 g/mol. The van der Waals surface area contributed by atoms with Crippen LogP contribution in [0.1, 0.15) is 5.56 Å². The number of aliphatic hydroxyl groups is 1.